The number of aromatic nitrogens is 2. The van der Waals surface area contributed by atoms with Crippen molar-refractivity contribution in [2.24, 2.45) is 5.73 Å². The van der Waals surface area contributed by atoms with Crippen molar-refractivity contribution in [3.63, 3.8) is 0 Å². The lowest BCUT2D eigenvalue weighted by Gasteiger charge is -2.37. The summed E-state index contributed by atoms with van der Waals surface area (Å²) in [5.74, 6) is 0.955. The van der Waals surface area contributed by atoms with Gasteiger partial charge in [-0.05, 0) is 34.9 Å². The highest BCUT2D eigenvalue weighted by Crippen LogP contribution is 2.25. The molecule has 1 aromatic rings. The molecule has 2 N–H and O–H groups in total. The maximum Gasteiger partial charge on any atom is 0.127 e. The van der Waals surface area contributed by atoms with Gasteiger partial charge in [0, 0.05) is 24.5 Å². The molecular weight excluding hydrogens is 188 g/mol. The van der Waals surface area contributed by atoms with Crippen LogP contribution in [-0.4, -0.2) is 34.1 Å². The van der Waals surface area contributed by atoms with Crippen LogP contribution in [0.1, 0.15) is 32.6 Å². The van der Waals surface area contributed by atoms with Crippen LogP contribution in [0.4, 0.5) is 0 Å². The highest BCUT2D eigenvalue weighted by molar-refractivity contribution is 5.06. The van der Waals surface area contributed by atoms with Gasteiger partial charge in [-0.1, -0.05) is 0 Å². The molecule has 1 aromatic heterocycles. The molecule has 0 saturated carbocycles. The van der Waals surface area contributed by atoms with E-state index >= 15 is 0 Å². The van der Waals surface area contributed by atoms with E-state index in [0.717, 1.165) is 12.4 Å². The Morgan fingerprint density at radius 2 is 2.13 bits per heavy atom. The molecule has 0 saturated heterocycles. The molecule has 0 spiro atoms. The van der Waals surface area contributed by atoms with Crippen molar-refractivity contribution in [2.75, 3.05) is 14.1 Å². The van der Waals surface area contributed by atoms with Crippen LogP contribution in [0.25, 0.3) is 0 Å². The molecule has 0 amide bonds. The van der Waals surface area contributed by atoms with Gasteiger partial charge in [0.1, 0.15) is 5.82 Å². The summed E-state index contributed by atoms with van der Waals surface area (Å²) < 4.78 is 2.09. The van der Waals surface area contributed by atoms with Gasteiger partial charge in [0.05, 0.1) is 6.04 Å². The van der Waals surface area contributed by atoms with Gasteiger partial charge < -0.3 is 15.2 Å². The third kappa shape index (κ3) is 2.21. The van der Waals surface area contributed by atoms with Crippen LogP contribution in [0.2, 0.25) is 0 Å². The van der Waals surface area contributed by atoms with Crippen molar-refractivity contribution in [2.45, 2.75) is 38.9 Å². The third-order valence-corrected chi connectivity index (χ3v) is 3.28. The molecule has 0 aromatic carbocycles. The lowest BCUT2D eigenvalue weighted by Crippen LogP contribution is -2.48. The molecular formula is C11H22N4. The molecule has 0 bridgehead atoms. The first kappa shape index (κ1) is 12.2. The topological polar surface area (TPSA) is 47.1 Å². The van der Waals surface area contributed by atoms with E-state index in [2.05, 4.69) is 35.2 Å². The van der Waals surface area contributed by atoms with Gasteiger partial charge in [-0.2, -0.15) is 0 Å². The first-order valence-corrected chi connectivity index (χ1v) is 5.35. The highest BCUT2D eigenvalue weighted by atomic mass is 15.2. The Hall–Kier alpha value is -0.870. The molecule has 1 rings (SSSR count). The zero-order chi connectivity index (χ0) is 11.6. The van der Waals surface area contributed by atoms with Crippen molar-refractivity contribution in [1.82, 2.24) is 14.5 Å². The van der Waals surface area contributed by atoms with Gasteiger partial charge in [0.2, 0.25) is 0 Å². The van der Waals surface area contributed by atoms with E-state index in [1.54, 1.807) is 0 Å². The second-order valence-corrected chi connectivity index (χ2v) is 4.60. The summed E-state index contributed by atoms with van der Waals surface area (Å²) in [6.45, 7) is 7.27. The first-order chi connectivity index (χ1) is 6.91. The first-order valence-electron chi connectivity index (χ1n) is 5.35. The Bertz CT molecular complexity index is 314. The van der Waals surface area contributed by atoms with Gasteiger partial charge >= 0.3 is 0 Å². The zero-order valence-corrected chi connectivity index (χ0v) is 10.4. The molecule has 0 aliphatic carbocycles. The van der Waals surface area contributed by atoms with E-state index in [1.165, 1.54) is 0 Å². The lowest BCUT2D eigenvalue weighted by atomic mass is 9.93. The number of imidazole rings is 1. The van der Waals surface area contributed by atoms with Gasteiger partial charge in [0.15, 0.2) is 0 Å². The Labute approximate surface area is 92.1 Å². The van der Waals surface area contributed by atoms with Gasteiger partial charge in [-0.15, -0.1) is 0 Å². The van der Waals surface area contributed by atoms with Crippen LogP contribution < -0.4 is 5.73 Å². The van der Waals surface area contributed by atoms with Crippen LogP contribution in [-0.2, 0) is 6.54 Å². The second kappa shape index (κ2) is 4.33. The lowest BCUT2D eigenvalue weighted by molar-refractivity contribution is 0.152. The molecule has 1 unspecified atom stereocenters. The minimum atomic E-state index is -0.0989. The van der Waals surface area contributed by atoms with Gasteiger partial charge in [-0.25, -0.2) is 4.98 Å². The predicted octanol–water partition coefficient (Wildman–Crippen LogP) is 1.24. The number of nitrogens with zero attached hydrogens (tertiary/aromatic N) is 3. The average molecular weight is 210 g/mol. The molecule has 1 heterocycles. The summed E-state index contributed by atoms with van der Waals surface area (Å²) in [4.78, 5) is 6.48. The van der Waals surface area contributed by atoms with Crippen molar-refractivity contribution < 1.29 is 0 Å². The number of hydrogen-bond acceptors (Lipinski definition) is 3. The Kier molecular flexibility index (Phi) is 3.52. The van der Waals surface area contributed by atoms with Crippen LogP contribution in [0, 0.1) is 0 Å². The number of hydrogen-bond donors (Lipinski definition) is 1. The Balaban J connectivity index is 2.98. The summed E-state index contributed by atoms with van der Waals surface area (Å²) in [6.07, 6.45) is 3.78. The largest absolute Gasteiger partial charge is 0.334 e. The maximum atomic E-state index is 6.27. The van der Waals surface area contributed by atoms with E-state index in [9.17, 15) is 0 Å². The van der Waals surface area contributed by atoms with Crippen LogP contribution >= 0.6 is 0 Å². The average Bonchev–Trinajstić information content (AvgIpc) is 2.63. The Morgan fingerprint density at radius 3 is 2.60 bits per heavy atom. The number of nitrogens with two attached hydrogens (primary N) is 1. The molecule has 0 fully saturated rings. The smallest absolute Gasteiger partial charge is 0.127 e. The number of rotatable bonds is 4. The van der Waals surface area contributed by atoms with Crippen molar-refractivity contribution in [3.05, 3.63) is 18.2 Å². The SMILES string of the molecule is CCn1ccnc1C(N)C(C)(C)N(C)C. The monoisotopic (exact) mass is 210 g/mol. The van der Waals surface area contributed by atoms with Crippen molar-refractivity contribution >= 4 is 0 Å². The predicted molar refractivity (Wildman–Crippen MR) is 62.6 cm³/mol. The summed E-state index contributed by atoms with van der Waals surface area (Å²) in [6, 6.07) is -0.0811. The Morgan fingerprint density at radius 1 is 1.53 bits per heavy atom. The summed E-state index contributed by atoms with van der Waals surface area (Å²) in [5, 5.41) is 0. The fourth-order valence-electron chi connectivity index (χ4n) is 1.46. The molecule has 0 radical (unpaired) electrons. The van der Waals surface area contributed by atoms with E-state index in [1.807, 2.05) is 26.5 Å². The third-order valence-electron chi connectivity index (χ3n) is 3.28. The summed E-state index contributed by atoms with van der Waals surface area (Å²) >= 11 is 0. The molecule has 15 heavy (non-hydrogen) atoms. The fraction of sp³-hybridized carbons (Fsp3) is 0.727. The fourth-order valence-corrected chi connectivity index (χ4v) is 1.46. The number of likely N-dealkylation sites (N-methyl/N-ethyl adjacent to an activating group) is 1. The van der Waals surface area contributed by atoms with Crippen molar-refractivity contribution in [3.8, 4) is 0 Å². The van der Waals surface area contributed by atoms with Crippen LogP contribution in [0.15, 0.2) is 12.4 Å². The second-order valence-electron chi connectivity index (χ2n) is 4.60. The summed E-state index contributed by atoms with van der Waals surface area (Å²) in [5.41, 5.74) is 6.17. The normalized spacial score (nSPS) is 14.6. The molecule has 1 atom stereocenters. The molecule has 86 valence electrons. The standard InChI is InChI=1S/C11H22N4/c1-6-15-8-7-13-10(15)9(12)11(2,3)14(4)5/h7-9H,6,12H2,1-5H3. The van der Waals surface area contributed by atoms with Gasteiger partial charge in [0.25, 0.3) is 0 Å². The van der Waals surface area contributed by atoms with Crippen molar-refractivity contribution in [1.29, 1.82) is 0 Å². The van der Waals surface area contributed by atoms with E-state index in [4.69, 9.17) is 5.73 Å². The van der Waals surface area contributed by atoms with Crippen LogP contribution in [0.5, 0.6) is 0 Å². The van der Waals surface area contributed by atoms with E-state index < -0.39 is 0 Å². The molecule has 4 nitrogen and oxygen atoms in total. The highest BCUT2D eigenvalue weighted by Gasteiger charge is 2.32. The zero-order valence-electron chi connectivity index (χ0n) is 10.4. The molecule has 4 heteroatoms. The molecule has 0 aliphatic heterocycles. The van der Waals surface area contributed by atoms with Gasteiger partial charge in [-0.3, -0.25) is 0 Å². The van der Waals surface area contributed by atoms with E-state index in [0.29, 0.717) is 0 Å². The molecule has 0 aliphatic rings. The van der Waals surface area contributed by atoms with Crippen LogP contribution in [0.3, 0.4) is 0 Å². The summed E-state index contributed by atoms with van der Waals surface area (Å²) in [7, 11) is 4.08. The maximum absolute atomic E-state index is 6.27. The minimum Gasteiger partial charge on any atom is -0.334 e. The minimum absolute atomic E-state index is 0.0811. The van der Waals surface area contributed by atoms with E-state index in [-0.39, 0.29) is 11.6 Å². The number of aryl methyl sites for hydroxylation is 1. The quantitative estimate of drug-likeness (QED) is 0.813.